The second kappa shape index (κ2) is 5.67. The van der Waals surface area contributed by atoms with E-state index >= 15 is 0 Å². The van der Waals surface area contributed by atoms with Crippen molar-refractivity contribution in [2.45, 2.75) is 6.61 Å². The summed E-state index contributed by atoms with van der Waals surface area (Å²) >= 11 is 8.91. The Morgan fingerprint density at radius 2 is 1.89 bits per heavy atom. The molecule has 5 heteroatoms. The maximum Gasteiger partial charge on any atom is 0.138 e. The third-order valence-electron chi connectivity index (χ3n) is 2.27. The highest BCUT2D eigenvalue weighted by Crippen LogP contribution is 2.26. The van der Waals surface area contributed by atoms with Gasteiger partial charge in [-0.05, 0) is 51.8 Å². The third-order valence-corrected chi connectivity index (χ3v) is 3.18. The zero-order chi connectivity index (χ0) is 13.1. The van der Waals surface area contributed by atoms with Gasteiger partial charge in [0.25, 0.3) is 0 Å². The smallest absolute Gasteiger partial charge is 0.138 e. The summed E-state index contributed by atoms with van der Waals surface area (Å²) in [5, 5.41) is 0.205. The highest BCUT2D eigenvalue weighted by Gasteiger charge is 2.05. The van der Waals surface area contributed by atoms with Crippen LogP contribution in [0.2, 0.25) is 5.02 Å². The Morgan fingerprint density at radius 3 is 2.56 bits per heavy atom. The van der Waals surface area contributed by atoms with E-state index in [2.05, 4.69) is 15.9 Å². The van der Waals surface area contributed by atoms with Crippen molar-refractivity contribution in [3.8, 4) is 5.75 Å². The average molecular weight is 334 g/mol. The molecule has 1 nitrogen and oxygen atoms in total. The summed E-state index contributed by atoms with van der Waals surface area (Å²) < 4.78 is 31.6. The molecule has 18 heavy (non-hydrogen) atoms. The van der Waals surface area contributed by atoms with Gasteiger partial charge in [-0.25, -0.2) is 8.78 Å². The summed E-state index contributed by atoms with van der Waals surface area (Å²) in [6, 6.07) is 8.47. The average Bonchev–Trinajstić information content (AvgIpc) is 2.32. The van der Waals surface area contributed by atoms with E-state index in [4.69, 9.17) is 16.3 Å². The van der Waals surface area contributed by atoms with E-state index in [9.17, 15) is 8.78 Å². The molecule has 0 heterocycles. The molecule has 0 unspecified atom stereocenters. The normalized spacial score (nSPS) is 10.4. The summed E-state index contributed by atoms with van der Waals surface area (Å²) in [4.78, 5) is 0. The molecule has 0 atom stereocenters. The van der Waals surface area contributed by atoms with Gasteiger partial charge in [0.2, 0.25) is 0 Å². The van der Waals surface area contributed by atoms with E-state index in [0.29, 0.717) is 10.2 Å². The topological polar surface area (TPSA) is 9.23 Å². The monoisotopic (exact) mass is 332 g/mol. The molecule has 0 radical (unpaired) electrons. The summed E-state index contributed by atoms with van der Waals surface area (Å²) in [5.41, 5.74) is 0.781. The standard InChI is InChI=1S/C13H8BrClF2O/c14-10-5-8(1-3-12(10)17)7-18-13-4-2-9(16)6-11(13)15/h1-6H,7H2. The van der Waals surface area contributed by atoms with E-state index in [0.717, 1.165) is 5.56 Å². The van der Waals surface area contributed by atoms with Gasteiger partial charge in [0.05, 0.1) is 9.50 Å². The summed E-state index contributed by atoms with van der Waals surface area (Å²) in [7, 11) is 0. The van der Waals surface area contributed by atoms with Gasteiger partial charge >= 0.3 is 0 Å². The molecule has 2 rings (SSSR count). The molecule has 0 saturated heterocycles. The van der Waals surface area contributed by atoms with Crippen LogP contribution in [0.5, 0.6) is 5.75 Å². The van der Waals surface area contributed by atoms with Crippen LogP contribution >= 0.6 is 27.5 Å². The van der Waals surface area contributed by atoms with Crippen molar-refractivity contribution in [1.82, 2.24) is 0 Å². The number of halogens is 4. The third kappa shape index (κ3) is 3.21. The largest absolute Gasteiger partial charge is 0.487 e. The fourth-order valence-corrected chi connectivity index (χ4v) is 2.03. The lowest BCUT2D eigenvalue weighted by molar-refractivity contribution is 0.305. The zero-order valence-electron chi connectivity index (χ0n) is 9.09. The van der Waals surface area contributed by atoms with Crippen LogP contribution in [0.3, 0.4) is 0 Å². The van der Waals surface area contributed by atoms with Crippen molar-refractivity contribution in [3.05, 3.63) is 63.1 Å². The molecule has 94 valence electrons. The van der Waals surface area contributed by atoms with Gasteiger partial charge in [-0.3, -0.25) is 0 Å². The number of benzene rings is 2. The van der Waals surface area contributed by atoms with Crippen molar-refractivity contribution in [1.29, 1.82) is 0 Å². The Balaban J connectivity index is 2.09. The maximum atomic E-state index is 13.0. The predicted octanol–water partition coefficient (Wildman–Crippen LogP) is 4.96. The molecule has 0 spiro atoms. The van der Waals surface area contributed by atoms with Gasteiger partial charge in [0, 0.05) is 0 Å². The Bertz CT molecular complexity index is 575. The molecule has 0 amide bonds. The second-order valence-electron chi connectivity index (χ2n) is 3.61. The van der Waals surface area contributed by atoms with Crippen molar-refractivity contribution >= 4 is 27.5 Å². The zero-order valence-corrected chi connectivity index (χ0v) is 11.4. The number of rotatable bonds is 3. The fourth-order valence-electron chi connectivity index (χ4n) is 1.38. The van der Waals surface area contributed by atoms with Crippen LogP contribution in [0, 0.1) is 11.6 Å². The van der Waals surface area contributed by atoms with Crippen LogP contribution in [0.25, 0.3) is 0 Å². The Kier molecular flexibility index (Phi) is 4.19. The number of ether oxygens (including phenoxy) is 1. The van der Waals surface area contributed by atoms with Crippen molar-refractivity contribution in [2.75, 3.05) is 0 Å². The molecular weight excluding hydrogens is 325 g/mol. The predicted molar refractivity (Wildman–Crippen MR) is 69.8 cm³/mol. The summed E-state index contributed by atoms with van der Waals surface area (Å²) in [5.74, 6) is -0.367. The van der Waals surface area contributed by atoms with Gasteiger partial charge < -0.3 is 4.74 Å². The number of hydrogen-bond acceptors (Lipinski definition) is 1. The summed E-state index contributed by atoms with van der Waals surface area (Å²) in [6.07, 6.45) is 0. The van der Waals surface area contributed by atoms with E-state index < -0.39 is 5.82 Å². The van der Waals surface area contributed by atoms with Gasteiger partial charge in [-0.15, -0.1) is 0 Å². The first-order valence-electron chi connectivity index (χ1n) is 5.08. The minimum absolute atomic E-state index is 0.205. The molecule has 2 aromatic rings. The van der Waals surface area contributed by atoms with Gasteiger partial charge in [-0.2, -0.15) is 0 Å². The quantitative estimate of drug-likeness (QED) is 0.771. The molecule has 0 bridgehead atoms. The minimum atomic E-state index is -0.420. The molecule has 0 saturated carbocycles. The fraction of sp³-hybridized carbons (Fsp3) is 0.0769. The molecular formula is C13H8BrClF2O. The van der Waals surface area contributed by atoms with E-state index in [1.807, 2.05) is 0 Å². The van der Waals surface area contributed by atoms with Crippen LogP contribution in [0.4, 0.5) is 8.78 Å². The van der Waals surface area contributed by atoms with Gasteiger partial charge in [0.1, 0.15) is 24.0 Å². The first-order chi connectivity index (χ1) is 8.56. The lowest BCUT2D eigenvalue weighted by atomic mass is 10.2. The SMILES string of the molecule is Fc1ccc(OCc2ccc(F)c(Br)c2)c(Cl)c1. The van der Waals surface area contributed by atoms with Crippen LogP contribution in [0.1, 0.15) is 5.56 Å². The molecule has 0 fully saturated rings. The van der Waals surface area contributed by atoms with Crippen LogP contribution in [-0.2, 0) is 6.61 Å². The highest BCUT2D eigenvalue weighted by atomic mass is 79.9. The molecule has 0 aromatic heterocycles. The lowest BCUT2D eigenvalue weighted by Gasteiger charge is -2.08. The van der Waals surface area contributed by atoms with Gasteiger partial charge in [-0.1, -0.05) is 17.7 Å². The van der Waals surface area contributed by atoms with Crippen molar-refractivity contribution in [2.24, 2.45) is 0 Å². The first-order valence-corrected chi connectivity index (χ1v) is 6.25. The molecule has 2 aromatic carbocycles. The van der Waals surface area contributed by atoms with Crippen LogP contribution in [0.15, 0.2) is 40.9 Å². The lowest BCUT2D eigenvalue weighted by Crippen LogP contribution is -1.96. The summed E-state index contributed by atoms with van der Waals surface area (Å²) in [6.45, 7) is 0.226. The van der Waals surface area contributed by atoms with Crippen molar-refractivity contribution < 1.29 is 13.5 Å². The minimum Gasteiger partial charge on any atom is -0.487 e. The van der Waals surface area contributed by atoms with E-state index in [1.165, 1.54) is 24.3 Å². The molecule has 0 N–H and O–H groups in total. The number of hydrogen-bond donors (Lipinski definition) is 0. The Hall–Kier alpha value is -1.13. The Labute approximate surface area is 116 Å². The van der Waals surface area contributed by atoms with E-state index in [1.54, 1.807) is 12.1 Å². The Morgan fingerprint density at radius 1 is 1.11 bits per heavy atom. The van der Waals surface area contributed by atoms with Gasteiger partial charge in [0.15, 0.2) is 0 Å². The second-order valence-corrected chi connectivity index (χ2v) is 4.87. The molecule has 0 aliphatic rings. The van der Waals surface area contributed by atoms with E-state index in [-0.39, 0.29) is 17.4 Å². The first kappa shape index (κ1) is 13.3. The maximum absolute atomic E-state index is 13.0. The molecule has 0 aliphatic carbocycles. The van der Waals surface area contributed by atoms with Crippen molar-refractivity contribution in [3.63, 3.8) is 0 Å². The van der Waals surface area contributed by atoms with Crippen LogP contribution < -0.4 is 4.74 Å². The van der Waals surface area contributed by atoms with Crippen LogP contribution in [-0.4, -0.2) is 0 Å². The molecule has 0 aliphatic heterocycles. The highest BCUT2D eigenvalue weighted by molar-refractivity contribution is 9.10.